The Morgan fingerprint density at radius 2 is 1.47 bits per heavy atom. The quantitative estimate of drug-likeness (QED) is 0.0892. The van der Waals surface area contributed by atoms with Crippen molar-refractivity contribution in [2.45, 2.75) is 127 Å². The molecule has 1 aliphatic carbocycles. The highest BCUT2D eigenvalue weighted by Gasteiger charge is 2.81. The predicted octanol–water partition coefficient (Wildman–Crippen LogP) is 10.5. The fraction of sp³-hybridized carbons (Fsp3) is 0.629. The van der Waals surface area contributed by atoms with E-state index < -0.39 is 36.8 Å². The van der Waals surface area contributed by atoms with E-state index in [1.807, 2.05) is 19.1 Å². The molecule has 0 spiro atoms. The van der Waals surface area contributed by atoms with Gasteiger partial charge in [0.2, 0.25) is 0 Å². The fourth-order valence-electron chi connectivity index (χ4n) is 5.62. The third kappa shape index (κ3) is 10.3. The molecular formula is C35H43F9O3. The number of hydrogen-bond donors (Lipinski definition) is 0. The number of alkyl halides is 9. The van der Waals surface area contributed by atoms with Crippen molar-refractivity contribution in [2.24, 2.45) is 5.92 Å². The lowest BCUT2D eigenvalue weighted by molar-refractivity contribution is -0.396. The molecule has 2 aromatic rings. The Morgan fingerprint density at radius 3 is 2.13 bits per heavy atom. The molecule has 0 aromatic heterocycles. The Hall–Kier alpha value is -2.92. The van der Waals surface area contributed by atoms with E-state index in [0.29, 0.717) is 12.2 Å². The average molecular weight is 683 g/mol. The van der Waals surface area contributed by atoms with Crippen LogP contribution < -0.4 is 4.74 Å². The van der Waals surface area contributed by atoms with E-state index in [2.05, 4.69) is 25.1 Å². The lowest BCUT2D eigenvalue weighted by atomic mass is 9.83. The number of benzene rings is 2. The minimum Gasteiger partial charge on any atom is -0.494 e. The summed E-state index contributed by atoms with van der Waals surface area (Å²) in [5.41, 5.74) is 4.55. The minimum absolute atomic E-state index is 0.0735. The van der Waals surface area contributed by atoms with Gasteiger partial charge in [-0.15, -0.1) is 0 Å². The summed E-state index contributed by atoms with van der Waals surface area (Å²) in [4.78, 5) is 12.7. The summed E-state index contributed by atoms with van der Waals surface area (Å²) in [6.07, 6.45) is -0.594. The first-order chi connectivity index (χ1) is 22.0. The van der Waals surface area contributed by atoms with Gasteiger partial charge in [-0.1, -0.05) is 56.5 Å². The van der Waals surface area contributed by atoms with Crippen LogP contribution in [0.2, 0.25) is 0 Å². The second kappa shape index (κ2) is 16.5. The van der Waals surface area contributed by atoms with Gasteiger partial charge in [0.05, 0.1) is 18.6 Å². The van der Waals surface area contributed by atoms with E-state index in [1.165, 1.54) is 18.4 Å². The summed E-state index contributed by atoms with van der Waals surface area (Å²) in [7, 11) is 0. The van der Waals surface area contributed by atoms with Crippen LogP contribution in [0.1, 0.15) is 93.9 Å². The number of esters is 1. The molecule has 0 N–H and O–H groups in total. The maximum atomic E-state index is 13.6. The molecule has 47 heavy (non-hydrogen) atoms. The zero-order valence-electron chi connectivity index (χ0n) is 26.7. The van der Waals surface area contributed by atoms with E-state index in [9.17, 15) is 44.3 Å². The number of hydrogen-bond acceptors (Lipinski definition) is 3. The Bertz CT molecular complexity index is 1280. The average Bonchev–Trinajstić information content (AvgIpc) is 3.01. The minimum atomic E-state index is -6.87. The van der Waals surface area contributed by atoms with Gasteiger partial charge in [-0.2, -0.15) is 39.5 Å². The number of carbonyl (C=O) groups excluding carboxylic acids is 1. The summed E-state index contributed by atoms with van der Waals surface area (Å²) in [6.45, 7) is 3.90. The van der Waals surface area contributed by atoms with Gasteiger partial charge < -0.3 is 9.47 Å². The highest BCUT2D eigenvalue weighted by molar-refractivity contribution is 5.73. The first-order valence-corrected chi connectivity index (χ1v) is 16.2. The van der Waals surface area contributed by atoms with Crippen molar-refractivity contribution in [3.8, 4) is 5.75 Å². The topological polar surface area (TPSA) is 35.5 Å². The van der Waals surface area contributed by atoms with Crippen LogP contribution in [0.4, 0.5) is 39.5 Å². The largest absolute Gasteiger partial charge is 0.494 e. The third-order valence-corrected chi connectivity index (χ3v) is 8.60. The van der Waals surface area contributed by atoms with Crippen LogP contribution in [-0.4, -0.2) is 42.6 Å². The Balaban J connectivity index is 1.40. The van der Waals surface area contributed by atoms with Crippen LogP contribution in [0.5, 0.6) is 5.75 Å². The first kappa shape index (κ1) is 38.5. The maximum absolute atomic E-state index is 13.6. The number of halogens is 9. The second-order valence-electron chi connectivity index (χ2n) is 12.4. The lowest BCUT2D eigenvalue weighted by Crippen LogP contribution is -2.60. The van der Waals surface area contributed by atoms with Crippen molar-refractivity contribution < 1.29 is 53.8 Å². The Morgan fingerprint density at radius 1 is 0.809 bits per heavy atom. The monoisotopic (exact) mass is 682 g/mol. The van der Waals surface area contributed by atoms with Gasteiger partial charge in [0.25, 0.3) is 0 Å². The van der Waals surface area contributed by atoms with Crippen molar-refractivity contribution >= 4 is 5.97 Å². The van der Waals surface area contributed by atoms with Crippen molar-refractivity contribution in [2.75, 3.05) is 6.61 Å². The highest BCUT2D eigenvalue weighted by Crippen LogP contribution is 2.54. The van der Waals surface area contributed by atoms with Crippen molar-refractivity contribution in [3.05, 3.63) is 64.7 Å². The molecular weight excluding hydrogens is 639 g/mol. The van der Waals surface area contributed by atoms with E-state index >= 15 is 0 Å². The molecule has 0 fully saturated rings. The molecule has 0 aliphatic heterocycles. The molecule has 2 atom stereocenters. The SMILES string of the molecule is CCCCCC[C@H](C)OC(=O)C1CCc2cc(CCc3ccc(OCCCCC(F)(F)C(F)(F)C(F)(F)C(F)(F)F)cc3)ccc2C1. The Kier molecular flexibility index (Phi) is 13.5. The first-order valence-electron chi connectivity index (χ1n) is 16.2. The third-order valence-electron chi connectivity index (χ3n) is 8.60. The number of ether oxygens (including phenoxy) is 2. The van der Waals surface area contributed by atoms with E-state index in [4.69, 9.17) is 9.47 Å². The van der Waals surface area contributed by atoms with Gasteiger partial charge in [-0.3, -0.25) is 4.79 Å². The van der Waals surface area contributed by atoms with Crippen LogP contribution in [0.3, 0.4) is 0 Å². The smallest absolute Gasteiger partial charge is 0.460 e. The van der Waals surface area contributed by atoms with Gasteiger partial charge in [0, 0.05) is 6.42 Å². The lowest BCUT2D eigenvalue weighted by Gasteiger charge is -2.33. The van der Waals surface area contributed by atoms with Gasteiger partial charge in [-0.25, -0.2) is 0 Å². The number of fused-ring (bicyclic) bond motifs is 1. The number of carbonyl (C=O) groups is 1. The summed E-state index contributed by atoms with van der Waals surface area (Å²) in [5.74, 6) is -18.9. The van der Waals surface area contributed by atoms with Crippen molar-refractivity contribution in [1.29, 1.82) is 0 Å². The van der Waals surface area contributed by atoms with Crippen LogP contribution >= 0.6 is 0 Å². The van der Waals surface area contributed by atoms with Crippen LogP contribution in [0.25, 0.3) is 0 Å². The normalized spacial score (nSPS) is 16.4. The molecule has 0 saturated heterocycles. The standard InChI is InChI=1S/C35H43F9O3/c1-3-4-5-6-9-24(2)47-31(45)29-17-16-27-22-26(12-15-28(27)23-29)11-10-25-13-18-30(19-14-25)46-21-8-7-20-32(36,37)33(38,39)34(40,41)35(42,43)44/h12-15,18-19,22,24,29H,3-11,16-17,20-21,23H2,1-2H3/t24-,29?/m0/s1. The molecule has 3 nitrogen and oxygen atoms in total. The highest BCUT2D eigenvalue weighted by atomic mass is 19.4. The Labute approximate surface area is 270 Å². The fourth-order valence-corrected chi connectivity index (χ4v) is 5.62. The number of rotatable bonds is 18. The predicted molar refractivity (Wildman–Crippen MR) is 160 cm³/mol. The number of unbranched alkanes of at least 4 members (excludes halogenated alkanes) is 4. The molecule has 0 amide bonds. The van der Waals surface area contributed by atoms with Gasteiger partial charge in [-0.05, 0) is 99.1 Å². The van der Waals surface area contributed by atoms with Crippen LogP contribution in [0.15, 0.2) is 42.5 Å². The molecule has 2 aromatic carbocycles. The summed E-state index contributed by atoms with van der Waals surface area (Å²) < 4.78 is 128. The zero-order chi connectivity index (χ0) is 34.9. The summed E-state index contributed by atoms with van der Waals surface area (Å²) >= 11 is 0. The summed E-state index contributed by atoms with van der Waals surface area (Å²) in [6, 6.07) is 13.2. The van der Waals surface area contributed by atoms with Crippen LogP contribution in [-0.2, 0) is 35.2 Å². The molecule has 0 saturated carbocycles. The van der Waals surface area contributed by atoms with Gasteiger partial charge in [0.15, 0.2) is 0 Å². The molecule has 1 aliphatic rings. The van der Waals surface area contributed by atoms with E-state index in [-0.39, 0.29) is 31.0 Å². The zero-order valence-corrected chi connectivity index (χ0v) is 26.7. The molecule has 0 heterocycles. The van der Waals surface area contributed by atoms with E-state index in [1.54, 1.807) is 12.1 Å². The molecule has 1 unspecified atom stereocenters. The molecule has 12 heteroatoms. The molecule has 3 rings (SSSR count). The van der Waals surface area contributed by atoms with Gasteiger partial charge >= 0.3 is 29.9 Å². The molecule has 0 radical (unpaired) electrons. The summed E-state index contributed by atoms with van der Waals surface area (Å²) in [5, 5.41) is 0. The molecule has 264 valence electrons. The van der Waals surface area contributed by atoms with Crippen LogP contribution in [0, 0.1) is 5.92 Å². The van der Waals surface area contributed by atoms with E-state index in [0.717, 1.165) is 61.6 Å². The second-order valence-corrected chi connectivity index (χ2v) is 12.4. The van der Waals surface area contributed by atoms with Crippen molar-refractivity contribution in [1.82, 2.24) is 0 Å². The number of aryl methyl sites for hydroxylation is 3. The van der Waals surface area contributed by atoms with Gasteiger partial charge in [0.1, 0.15) is 5.75 Å². The molecule has 0 bridgehead atoms. The van der Waals surface area contributed by atoms with Crippen molar-refractivity contribution in [3.63, 3.8) is 0 Å². The maximum Gasteiger partial charge on any atom is 0.460 e.